The van der Waals surface area contributed by atoms with Crippen LogP contribution in [-0.2, 0) is 9.57 Å². The van der Waals surface area contributed by atoms with E-state index in [1.807, 2.05) is 0 Å². The van der Waals surface area contributed by atoms with Crippen molar-refractivity contribution >= 4 is 27.4 Å². The lowest BCUT2D eigenvalue weighted by molar-refractivity contribution is -0.102. The van der Waals surface area contributed by atoms with Crippen molar-refractivity contribution in [1.29, 1.82) is 0 Å². The molecule has 0 spiro atoms. The van der Waals surface area contributed by atoms with E-state index >= 15 is 0 Å². The van der Waals surface area contributed by atoms with Crippen molar-refractivity contribution in [3.63, 3.8) is 0 Å². The average Bonchev–Trinajstić information content (AvgIpc) is 3.04. The molecule has 4 atom stereocenters. The Morgan fingerprint density at radius 2 is 2.26 bits per heavy atom. The number of aromatic amines is 1. The number of H-pyrrole nitrogens is 1. The summed E-state index contributed by atoms with van der Waals surface area (Å²) in [6.45, 7) is 0.943. The fourth-order valence-electron chi connectivity index (χ4n) is 3.49. The molecule has 1 aliphatic heterocycles. The van der Waals surface area contributed by atoms with E-state index in [1.54, 1.807) is 12.3 Å². The molecule has 1 saturated heterocycles. The molecule has 0 radical (unpaired) electrons. The Hall–Kier alpha value is -2.57. The van der Waals surface area contributed by atoms with Crippen LogP contribution in [0.3, 0.4) is 0 Å². The minimum atomic E-state index is -1.70. The quantitative estimate of drug-likeness (QED) is 0.369. The van der Waals surface area contributed by atoms with Crippen molar-refractivity contribution in [3.8, 4) is 0 Å². The highest BCUT2D eigenvalue weighted by molar-refractivity contribution is 6.14. The summed E-state index contributed by atoms with van der Waals surface area (Å²) in [5.41, 5.74) is 1.50. The summed E-state index contributed by atoms with van der Waals surface area (Å²) < 4.78 is 6.96. The molecule has 1 aliphatic rings. The van der Waals surface area contributed by atoms with Crippen molar-refractivity contribution in [1.82, 2.24) is 20.0 Å². The van der Waals surface area contributed by atoms with Gasteiger partial charge in [0.15, 0.2) is 6.23 Å². The summed E-state index contributed by atoms with van der Waals surface area (Å²) in [6.07, 6.45) is -0.382. The zero-order valence-corrected chi connectivity index (χ0v) is 14.6. The molecule has 27 heavy (non-hydrogen) atoms. The number of ether oxygens (including phenoxy) is 1. The van der Waals surface area contributed by atoms with E-state index in [0.717, 1.165) is 0 Å². The van der Waals surface area contributed by atoms with Crippen LogP contribution in [0.15, 0.2) is 23.3 Å². The van der Waals surface area contributed by atoms with Crippen molar-refractivity contribution in [2.45, 2.75) is 31.0 Å². The van der Waals surface area contributed by atoms with E-state index < -0.39 is 36.2 Å². The van der Waals surface area contributed by atoms with Gasteiger partial charge in [0.2, 0.25) is 0 Å². The molecule has 4 rings (SSSR count). The summed E-state index contributed by atoms with van der Waals surface area (Å²) >= 11 is 0. The molecule has 11 nitrogen and oxygen atoms in total. The van der Waals surface area contributed by atoms with Crippen LogP contribution in [0.25, 0.3) is 21.7 Å². The second-order valence-electron chi connectivity index (χ2n) is 6.64. The van der Waals surface area contributed by atoms with Gasteiger partial charge in [0.05, 0.1) is 31.0 Å². The maximum atomic E-state index is 12.2. The molecule has 1 aromatic carbocycles. The van der Waals surface area contributed by atoms with E-state index in [4.69, 9.17) is 9.57 Å². The number of hydrogen-bond acceptors (Lipinski definition) is 9. The number of aliphatic hydroxyl groups excluding tert-OH is 2. The van der Waals surface area contributed by atoms with Gasteiger partial charge in [-0.15, -0.1) is 0 Å². The van der Waals surface area contributed by atoms with Crippen molar-refractivity contribution in [2.24, 2.45) is 0 Å². The third-order valence-electron chi connectivity index (χ3n) is 4.84. The molecule has 3 aromatic rings. The molecule has 0 unspecified atom stereocenters. The van der Waals surface area contributed by atoms with E-state index in [1.165, 1.54) is 24.9 Å². The second-order valence-corrected chi connectivity index (χ2v) is 6.64. The van der Waals surface area contributed by atoms with Gasteiger partial charge in [-0.2, -0.15) is 10.2 Å². The molecule has 0 aliphatic carbocycles. The van der Waals surface area contributed by atoms with E-state index in [0.29, 0.717) is 27.4 Å². The third kappa shape index (κ3) is 2.59. The van der Waals surface area contributed by atoms with Crippen molar-refractivity contribution in [3.05, 3.63) is 28.8 Å². The molecule has 0 saturated carbocycles. The number of aliphatic hydroxyl groups is 3. The van der Waals surface area contributed by atoms with Crippen LogP contribution in [0.1, 0.15) is 13.2 Å². The molecule has 5 N–H and O–H groups in total. The molecule has 1 fully saturated rings. The number of nitrogens with one attached hydrogen (secondary N) is 2. The molecular formula is C16H19N5O6. The summed E-state index contributed by atoms with van der Waals surface area (Å²) in [4.78, 5) is 17.2. The van der Waals surface area contributed by atoms with Gasteiger partial charge in [-0.05, 0) is 13.0 Å². The minimum Gasteiger partial charge on any atom is -0.394 e. The van der Waals surface area contributed by atoms with Gasteiger partial charge in [-0.25, -0.2) is 9.78 Å². The standard InChI is InChI=1S/C16H19N5O6/c1-16(25)13(23)11(6-22)27-15(16)21-5-8-9(20-26-2)3-7-12(8)10(19-21)4-17-18-14(7)24/h3-5,11,13,15,20,22-23,25H,6H2,1-2H3,(H,18,24)/t11-,13-,15-,16-/m1/s1. The molecule has 3 heterocycles. The zero-order chi connectivity index (χ0) is 19.3. The molecular weight excluding hydrogens is 358 g/mol. The van der Waals surface area contributed by atoms with Gasteiger partial charge in [0.1, 0.15) is 23.3 Å². The summed E-state index contributed by atoms with van der Waals surface area (Å²) in [5.74, 6) is 0. The lowest BCUT2D eigenvalue weighted by Gasteiger charge is -2.27. The lowest BCUT2D eigenvalue weighted by atomic mass is 9.97. The molecule has 144 valence electrons. The maximum absolute atomic E-state index is 12.2. The first kappa shape index (κ1) is 17.8. The monoisotopic (exact) mass is 377 g/mol. The molecule has 2 aromatic heterocycles. The zero-order valence-electron chi connectivity index (χ0n) is 14.6. The maximum Gasteiger partial charge on any atom is 0.272 e. The lowest BCUT2D eigenvalue weighted by Crippen LogP contribution is -2.44. The highest BCUT2D eigenvalue weighted by atomic mass is 16.6. The van der Waals surface area contributed by atoms with Crippen LogP contribution >= 0.6 is 0 Å². The Morgan fingerprint density at radius 1 is 1.48 bits per heavy atom. The Balaban J connectivity index is 1.98. The first-order valence-electron chi connectivity index (χ1n) is 8.23. The Labute approximate surface area is 152 Å². The van der Waals surface area contributed by atoms with E-state index in [9.17, 15) is 20.1 Å². The van der Waals surface area contributed by atoms with Crippen LogP contribution < -0.4 is 11.0 Å². The predicted octanol–water partition coefficient (Wildman–Crippen LogP) is -0.752. The summed E-state index contributed by atoms with van der Waals surface area (Å²) in [5, 5.41) is 42.5. The number of anilines is 1. The van der Waals surface area contributed by atoms with Gasteiger partial charge < -0.3 is 20.1 Å². The largest absolute Gasteiger partial charge is 0.394 e. The van der Waals surface area contributed by atoms with Crippen LogP contribution in [0, 0.1) is 0 Å². The van der Waals surface area contributed by atoms with E-state index in [2.05, 4.69) is 20.8 Å². The number of nitrogens with zero attached hydrogens (tertiary/aromatic N) is 3. The second kappa shape index (κ2) is 6.25. The minimum absolute atomic E-state index is 0.365. The number of rotatable bonds is 4. The van der Waals surface area contributed by atoms with Crippen LogP contribution in [-0.4, -0.2) is 66.8 Å². The fraction of sp³-hybridized carbons (Fsp3) is 0.438. The Bertz CT molecular complexity index is 1060. The first-order valence-corrected chi connectivity index (χ1v) is 8.23. The SMILES string of the molecule is CONc1cc2c(=O)[nH]ncc3nn([C@@H]4O[C@H](CO)[C@@H](O)[C@@]4(C)O)cc1c32. The smallest absolute Gasteiger partial charge is 0.272 e. The van der Waals surface area contributed by atoms with Crippen molar-refractivity contribution in [2.75, 3.05) is 19.2 Å². The highest BCUT2D eigenvalue weighted by Gasteiger charge is 2.53. The highest BCUT2D eigenvalue weighted by Crippen LogP contribution is 2.39. The van der Waals surface area contributed by atoms with Crippen molar-refractivity contribution < 1.29 is 24.9 Å². The van der Waals surface area contributed by atoms with E-state index in [-0.39, 0.29) is 0 Å². The first-order chi connectivity index (χ1) is 12.9. The van der Waals surface area contributed by atoms with Crippen LogP contribution in [0.5, 0.6) is 0 Å². The molecule has 0 amide bonds. The number of hydrogen-bond donors (Lipinski definition) is 5. The molecule has 11 heteroatoms. The van der Waals surface area contributed by atoms with Gasteiger partial charge in [0, 0.05) is 17.0 Å². The predicted molar refractivity (Wildman–Crippen MR) is 93.9 cm³/mol. The number of aromatic nitrogens is 4. The average molecular weight is 377 g/mol. The van der Waals surface area contributed by atoms with Crippen LogP contribution in [0.4, 0.5) is 5.69 Å². The summed E-state index contributed by atoms with van der Waals surface area (Å²) in [7, 11) is 1.44. The van der Waals surface area contributed by atoms with Gasteiger partial charge in [-0.1, -0.05) is 0 Å². The van der Waals surface area contributed by atoms with Gasteiger partial charge >= 0.3 is 0 Å². The topological polar surface area (TPSA) is 155 Å². The van der Waals surface area contributed by atoms with Gasteiger partial charge in [0.25, 0.3) is 5.56 Å². The Morgan fingerprint density at radius 3 is 2.93 bits per heavy atom. The fourth-order valence-corrected chi connectivity index (χ4v) is 3.49. The molecule has 0 bridgehead atoms. The third-order valence-corrected chi connectivity index (χ3v) is 4.84. The summed E-state index contributed by atoms with van der Waals surface area (Å²) in [6, 6.07) is 1.60. The van der Waals surface area contributed by atoms with Gasteiger partial charge in [-0.3, -0.25) is 15.1 Å². The van der Waals surface area contributed by atoms with Crippen LogP contribution in [0.2, 0.25) is 0 Å². The normalized spacial score (nSPS) is 28.3. The Kier molecular flexibility index (Phi) is 4.13.